The van der Waals surface area contributed by atoms with Gasteiger partial charge in [0.15, 0.2) is 0 Å². The van der Waals surface area contributed by atoms with E-state index in [0.717, 1.165) is 6.42 Å². The molecule has 48 valence electrons. The quantitative estimate of drug-likeness (QED) is 0.451. The largest absolute Gasteiger partial charge is 0.106 e. The van der Waals surface area contributed by atoms with E-state index in [-0.39, 0.29) is 0 Å². The van der Waals surface area contributed by atoms with Crippen molar-refractivity contribution in [3.63, 3.8) is 0 Å². The lowest BCUT2D eigenvalue weighted by atomic mass is 10.2. The van der Waals surface area contributed by atoms with Crippen molar-refractivity contribution in [3.8, 4) is 0 Å². The van der Waals surface area contributed by atoms with Gasteiger partial charge in [0.05, 0.1) is 0 Å². The average Bonchev–Trinajstić information content (AvgIpc) is 1.97. The lowest BCUT2D eigenvalue weighted by molar-refractivity contribution is 1.22. The van der Waals surface area contributed by atoms with Gasteiger partial charge in [0.1, 0.15) is 0 Å². The molecule has 0 radical (unpaired) electrons. The van der Waals surface area contributed by atoms with Crippen LogP contribution >= 0.6 is 9.24 Å². The SMILES string of the molecule is CC1=CC=C(P)C=CC1. The van der Waals surface area contributed by atoms with Crippen LogP contribution in [0.4, 0.5) is 0 Å². The van der Waals surface area contributed by atoms with E-state index >= 15 is 0 Å². The van der Waals surface area contributed by atoms with Crippen molar-refractivity contribution in [3.05, 3.63) is 35.2 Å². The third kappa shape index (κ3) is 2.15. The highest BCUT2D eigenvalue weighted by Crippen LogP contribution is 2.14. The Balaban J connectivity index is 2.80. The molecule has 1 atom stereocenters. The van der Waals surface area contributed by atoms with Gasteiger partial charge >= 0.3 is 0 Å². The van der Waals surface area contributed by atoms with E-state index < -0.39 is 0 Å². The minimum atomic E-state index is 1.09. The summed E-state index contributed by atoms with van der Waals surface area (Å²) in [5.41, 5.74) is 1.42. The van der Waals surface area contributed by atoms with Crippen molar-refractivity contribution >= 4 is 9.24 Å². The second kappa shape index (κ2) is 2.98. The molecule has 0 aliphatic heterocycles. The normalized spacial score (nSPS) is 18.4. The van der Waals surface area contributed by atoms with Crippen molar-refractivity contribution < 1.29 is 0 Å². The number of allylic oxidation sites excluding steroid dienone is 6. The minimum Gasteiger partial charge on any atom is -0.106 e. The molecular weight excluding hydrogens is 127 g/mol. The second-order valence-electron chi connectivity index (χ2n) is 2.29. The third-order valence-electron chi connectivity index (χ3n) is 1.31. The molecule has 0 saturated carbocycles. The fourth-order valence-electron chi connectivity index (χ4n) is 0.743. The summed E-state index contributed by atoms with van der Waals surface area (Å²) < 4.78 is 0. The topological polar surface area (TPSA) is 0 Å². The molecule has 0 bridgehead atoms. The molecule has 0 amide bonds. The standard InChI is InChI=1S/C8H11P/c1-7-3-2-4-8(9)6-5-7/h2,4-6H,3,9H2,1H3. The zero-order valence-electron chi connectivity index (χ0n) is 5.59. The van der Waals surface area contributed by atoms with Crippen LogP contribution in [0.5, 0.6) is 0 Å². The van der Waals surface area contributed by atoms with Gasteiger partial charge < -0.3 is 0 Å². The molecule has 9 heavy (non-hydrogen) atoms. The van der Waals surface area contributed by atoms with Gasteiger partial charge in [0.2, 0.25) is 0 Å². The zero-order valence-corrected chi connectivity index (χ0v) is 6.75. The molecule has 0 spiro atoms. The van der Waals surface area contributed by atoms with Gasteiger partial charge in [-0.1, -0.05) is 29.9 Å². The van der Waals surface area contributed by atoms with Gasteiger partial charge in [0.25, 0.3) is 0 Å². The summed E-state index contributed by atoms with van der Waals surface area (Å²) in [6.07, 6.45) is 9.66. The van der Waals surface area contributed by atoms with Gasteiger partial charge in [-0.15, -0.1) is 9.24 Å². The van der Waals surface area contributed by atoms with Crippen LogP contribution in [0.25, 0.3) is 0 Å². The Hall–Kier alpha value is -0.350. The lowest BCUT2D eigenvalue weighted by Gasteiger charge is -1.86. The van der Waals surface area contributed by atoms with Crippen LogP contribution in [0, 0.1) is 0 Å². The van der Waals surface area contributed by atoms with E-state index in [1.165, 1.54) is 10.9 Å². The molecule has 0 aromatic carbocycles. The van der Waals surface area contributed by atoms with Crippen molar-refractivity contribution in [1.82, 2.24) is 0 Å². The number of hydrogen-bond acceptors (Lipinski definition) is 0. The third-order valence-corrected chi connectivity index (χ3v) is 1.70. The summed E-state index contributed by atoms with van der Waals surface area (Å²) in [5.74, 6) is 0. The Labute approximate surface area is 58.5 Å². The predicted molar refractivity (Wildman–Crippen MR) is 45.3 cm³/mol. The molecule has 1 aliphatic rings. The molecule has 0 nitrogen and oxygen atoms in total. The molecular formula is C8H11P. The van der Waals surface area contributed by atoms with Crippen LogP contribution in [0.1, 0.15) is 13.3 Å². The lowest BCUT2D eigenvalue weighted by Crippen LogP contribution is -1.66. The smallest absolute Gasteiger partial charge is 0.0135 e. The van der Waals surface area contributed by atoms with Gasteiger partial charge in [-0.05, 0) is 18.7 Å². The van der Waals surface area contributed by atoms with Gasteiger partial charge in [-0.25, -0.2) is 0 Å². The fraction of sp³-hybridized carbons (Fsp3) is 0.250. The molecule has 0 aromatic rings. The van der Waals surface area contributed by atoms with E-state index in [1.807, 2.05) is 0 Å². The van der Waals surface area contributed by atoms with Crippen LogP contribution in [0.3, 0.4) is 0 Å². The highest BCUT2D eigenvalue weighted by atomic mass is 31.0. The molecule has 0 aromatic heterocycles. The molecule has 0 saturated heterocycles. The summed E-state index contributed by atoms with van der Waals surface area (Å²) in [5, 5.41) is 1.26. The van der Waals surface area contributed by atoms with E-state index in [0.29, 0.717) is 0 Å². The first-order valence-corrected chi connectivity index (χ1v) is 3.66. The van der Waals surface area contributed by atoms with Crippen LogP contribution in [-0.2, 0) is 0 Å². The monoisotopic (exact) mass is 138 g/mol. The maximum atomic E-state index is 2.68. The van der Waals surface area contributed by atoms with Crippen molar-refractivity contribution in [1.29, 1.82) is 0 Å². The first-order valence-electron chi connectivity index (χ1n) is 3.08. The molecule has 0 fully saturated rings. The Kier molecular flexibility index (Phi) is 2.24. The van der Waals surface area contributed by atoms with Crippen molar-refractivity contribution in [2.45, 2.75) is 13.3 Å². The van der Waals surface area contributed by atoms with E-state index in [1.54, 1.807) is 0 Å². The highest BCUT2D eigenvalue weighted by molar-refractivity contribution is 7.22. The maximum Gasteiger partial charge on any atom is -0.0135 e. The molecule has 0 N–H and O–H groups in total. The fourth-order valence-corrected chi connectivity index (χ4v) is 0.975. The van der Waals surface area contributed by atoms with Crippen LogP contribution in [-0.4, -0.2) is 0 Å². The summed E-state index contributed by atoms with van der Waals surface area (Å²) in [4.78, 5) is 0. The van der Waals surface area contributed by atoms with Gasteiger partial charge in [0, 0.05) is 0 Å². The maximum absolute atomic E-state index is 2.68. The molecule has 1 heteroatoms. The Morgan fingerprint density at radius 1 is 1.44 bits per heavy atom. The van der Waals surface area contributed by atoms with E-state index in [4.69, 9.17) is 0 Å². The summed E-state index contributed by atoms with van der Waals surface area (Å²) in [6, 6.07) is 0. The minimum absolute atomic E-state index is 1.09. The Morgan fingerprint density at radius 3 is 3.00 bits per heavy atom. The first-order chi connectivity index (χ1) is 4.29. The van der Waals surface area contributed by atoms with Crippen molar-refractivity contribution in [2.75, 3.05) is 0 Å². The van der Waals surface area contributed by atoms with Crippen LogP contribution < -0.4 is 0 Å². The highest BCUT2D eigenvalue weighted by Gasteiger charge is 1.88. The Morgan fingerprint density at radius 2 is 2.22 bits per heavy atom. The van der Waals surface area contributed by atoms with Gasteiger partial charge in [-0.3, -0.25) is 0 Å². The summed E-state index contributed by atoms with van der Waals surface area (Å²) in [7, 11) is 2.68. The van der Waals surface area contributed by atoms with Crippen molar-refractivity contribution in [2.24, 2.45) is 0 Å². The number of rotatable bonds is 0. The van der Waals surface area contributed by atoms with Gasteiger partial charge in [-0.2, -0.15) is 0 Å². The number of hydrogen-bond donors (Lipinski definition) is 0. The second-order valence-corrected chi connectivity index (χ2v) is 2.95. The average molecular weight is 138 g/mol. The van der Waals surface area contributed by atoms with Crippen LogP contribution in [0.2, 0.25) is 0 Å². The zero-order chi connectivity index (χ0) is 6.69. The first kappa shape index (κ1) is 6.77. The van der Waals surface area contributed by atoms with E-state index in [9.17, 15) is 0 Å². The summed E-state index contributed by atoms with van der Waals surface area (Å²) >= 11 is 0. The molecule has 1 unspecified atom stereocenters. The molecule has 1 aliphatic carbocycles. The molecule has 0 heterocycles. The van der Waals surface area contributed by atoms with E-state index in [2.05, 4.69) is 40.5 Å². The predicted octanol–water partition coefficient (Wildman–Crippen LogP) is 2.65. The summed E-state index contributed by atoms with van der Waals surface area (Å²) in [6.45, 7) is 2.14. The van der Waals surface area contributed by atoms with Crippen LogP contribution in [0.15, 0.2) is 35.2 Å². The Bertz CT molecular complexity index is 185. The molecule has 1 rings (SSSR count).